The van der Waals surface area contributed by atoms with E-state index in [0.717, 1.165) is 26.3 Å². The lowest BCUT2D eigenvalue weighted by Crippen LogP contribution is -2.56. The van der Waals surface area contributed by atoms with Crippen molar-refractivity contribution in [3.05, 3.63) is 65.5 Å². The number of pyridine rings is 1. The Morgan fingerprint density at radius 1 is 1.03 bits per heavy atom. The van der Waals surface area contributed by atoms with E-state index in [2.05, 4.69) is 53.2 Å². The fourth-order valence-corrected chi connectivity index (χ4v) is 9.50. The third-order valence-electron chi connectivity index (χ3n) is 11.3. The van der Waals surface area contributed by atoms with Gasteiger partial charge in [-0.05, 0) is 103 Å². The summed E-state index contributed by atoms with van der Waals surface area (Å²) in [5.41, 5.74) is 4.78. The summed E-state index contributed by atoms with van der Waals surface area (Å²) in [7, 11) is 0. The largest absolute Gasteiger partial charge is 0.379 e. The van der Waals surface area contributed by atoms with E-state index in [1.165, 1.54) is 73.3 Å². The van der Waals surface area contributed by atoms with Gasteiger partial charge in [-0.15, -0.1) is 0 Å². The second-order valence-corrected chi connectivity index (χ2v) is 12.7. The molecule has 4 fully saturated rings. The summed E-state index contributed by atoms with van der Waals surface area (Å²) in [6.45, 7) is 6.52. The smallest absolute Gasteiger partial charge is 0.0974 e. The van der Waals surface area contributed by atoms with E-state index < -0.39 is 0 Å². The summed E-state index contributed by atoms with van der Waals surface area (Å²) in [4.78, 5) is 7.09. The highest BCUT2D eigenvalue weighted by Gasteiger charge is 2.66. The second-order valence-electron chi connectivity index (χ2n) is 12.7. The Morgan fingerprint density at radius 3 is 2.86 bits per heavy atom. The Morgan fingerprint density at radius 2 is 1.94 bits per heavy atom. The number of allylic oxidation sites excluding steroid dienone is 1. The maximum absolute atomic E-state index is 7.53. The fraction of sp³-hybridized carbons (Fsp3) is 0.594. The molecule has 188 valence electrons. The summed E-state index contributed by atoms with van der Waals surface area (Å²) in [6, 6.07) is 9.88. The molecular weight excluding hydrogens is 444 g/mol. The van der Waals surface area contributed by atoms with Crippen molar-refractivity contribution in [1.82, 2.24) is 9.88 Å². The summed E-state index contributed by atoms with van der Waals surface area (Å²) < 4.78 is 13.2. The predicted octanol–water partition coefficient (Wildman–Crippen LogP) is 6.18. The fourth-order valence-electron chi connectivity index (χ4n) is 9.50. The van der Waals surface area contributed by atoms with Crippen LogP contribution in [0.3, 0.4) is 0 Å². The number of aromatic nitrogens is 1. The molecule has 3 aliphatic heterocycles. The van der Waals surface area contributed by atoms with Gasteiger partial charge in [-0.1, -0.05) is 31.2 Å². The van der Waals surface area contributed by atoms with E-state index in [4.69, 9.17) is 9.47 Å². The van der Waals surface area contributed by atoms with Gasteiger partial charge in [0, 0.05) is 36.9 Å². The second kappa shape index (κ2) is 7.75. The third-order valence-corrected chi connectivity index (χ3v) is 11.3. The molecule has 36 heavy (non-hydrogen) atoms. The third kappa shape index (κ3) is 2.95. The van der Waals surface area contributed by atoms with Gasteiger partial charge in [0.1, 0.15) is 0 Å². The molecule has 4 nitrogen and oxygen atoms in total. The topological polar surface area (TPSA) is 34.6 Å². The Hall–Kier alpha value is -2.01. The van der Waals surface area contributed by atoms with Gasteiger partial charge in [-0.2, -0.15) is 0 Å². The van der Waals surface area contributed by atoms with Crippen LogP contribution in [0.2, 0.25) is 0 Å². The van der Waals surface area contributed by atoms with Gasteiger partial charge < -0.3 is 9.47 Å². The predicted molar refractivity (Wildman–Crippen MR) is 142 cm³/mol. The quantitative estimate of drug-likeness (QED) is 0.512. The van der Waals surface area contributed by atoms with Crippen LogP contribution >= 0.6 is 0 Å². The van der Waals surface area contributed by atoms with Crippen LogP contribution in [0.15, 0.2) is 60.0 Å². The van der Waals surface area contributed by atoms with Crippen molar-refractivity contribution in [3.8, 4) is 0 Å². The van der Waals surface area contributed by atoms with Gasteiger partial charge in [0.15, 0.2) is 0 Å². The molecular formula is C32H38N2O2. The Bertz CT molecular complexity index is 1280. The maximum Gasteiger partial charge on any atom is 0.0974 e. The van der Waals surface area contributed by atoms with Gasteiger partial charge in [-0.3, -0.25) is 9.88 Å². The van der Waals surface area contributed by atoms with Crippen LogP contribution in [-0.4, -0.2) is 53.4 Å². The van der Waals surface area contributed by atoms with Crippen molar-refractivity contribution in [2.24, 2.45) is 11.3 Å². The maximum atomic E-state index is 7.53. The van der Waals surface area contributed by atoms with Crippen LogP contribution in [0.1, 0.15) is 69.8 Å². The molecule has 3 aliphatic carbocycles. The highest BCUT2D eigenvalue weighted by molar-refractivity contribution is 5.82. The molecule has 1 aromatic carbocycles. The minimum absolute atomic E-state index is 0.0243. The molecule has 0 amide bonds. The first-order valence-corrected chi connectivity index (χ1v) is 14.4. The molecule has 4 unspecified atom stereocenters. The highest BCUT2D eigenvalue weighted by Crippen LogP contribution is 2.69. The Balaban J connectivity index is 1.13. The van der Waals surface area contributed by atoms with Crippen LogP contribution in [-0.2, 0) is 9.47 Å². The lowest BCUT2D eigenvalue weighted by molar-refractivity contribution is -0.143. The number of rotatable bonds is 2. The van der Waals surface area contributed by atoms with Gasteiger partial charge >= 0.3 is 0 Å². The number of hydrogen-bond donors (Lipinski definition) is 0. The van der Waals surface area contributed by atoms with E-state index in [0.29, 0.717) is 17.9 Å². The SMILES string of the molecule is CC12CC=C3C=C4CCC(N5CCOCC5)C[C@]45CC[C@]3(O5)C1CCC2c1ccc2ccncc2c1. The standard InChI is InChI=1S/C32H38N2O2/c1-30-10-8-26-19-25-4-5-27(34-14-16-35-17-15-34)20-31(25)11-12-32(26,36-31)29(30)7-6-28(30)23-3-2-22-9-13-33-21-24(22)18-23/h2-3,8-9,13,18-19,21,27-29H,4-7,10-12,14-17,20H2,1H3/t27?,28?,29?,30?,31-,32-/m1/s1. The molecule has 4 heterocycles. The van der Waals surface area contributed by atoms with Crippen molar-refractivity contribution in [3.63, 3.8) is 0 Å². The highest BCUT2D eigenvalue weighted by atomic mass is 16.5. The lowest BCUT2D eigenvalue weighted by Gasteiger charge is -2.55. The van der Waals surface area contributed by atoms with Crippen LogP contribution in [0.5, 0.6) is 0 Å². The van der Waals surface area contributed by atoms with Crippen molar-refractivity contribution in [1.29, 1.82) is 0 Å². The number of hydrogen-bond acceptors (Lipinski definition) is 4. The first-order valence-electron chi connectivity index (χ1n) is 14.4. The van der Waals surface area contributed by atoms with Crippen LogP contribution in [0, 0.1) is 11.3 Å². The summed E-state index contributed by atoms with van der Waals surface area (Å²) in [5, 5.41) is 2.56. The van der Waals surface area contributed by atoms with Gasteiger partial charge in [0.05, 0.1) is 24.4 Å². The normalized spacial score (nSPS) is 41.9. The number of morpholine rings is 1. The van der Waals surface area contributed by atoms with Crippen LogP contribution in [0.25, 0.3) is 10.8 Å². The van der Waals surface area contributed by atoms with Crippen molar-refractivity contribution in [2.45, 2.75) is 81.5 Å². The molecule has 6 aliphatic rings. The van der Waals surface area contributed by atoms with Gasteiger partial charge in [0.25, 0.3) is 0 Å². The van der Waals surface area contributed by atoms with Crippen LogP contribution in [0.4, 0.5) is 0 Å². The Kier molecular flexibility index (Phi) is 4.74. The molecule has 0 N–H and O–H groups in total. The minimum atomic E-state index is -0.0729. The van der Waals surface area contributed by atoms with Gasteiger partial charge in [0.2, 0.25) is 0 Å². The number of ether oxygens (including phenoxy) is 2. The van der Waals surface area contributed by atoms with E-state index in [9.17, 15) is 0 Å². The van der Waals surface area contributed by atoms with Crippen molar-refractivity contribution in [2.75, 3.05) is 26.3 Å². The Labute approximate surface area is 214 Å². The van der Waals surface area contributed by atoms with Crippen molar-refractivity contribution >= 4 is 10.8 Å². The monoisotopic (exact) mass is 482 g/mol. The zero-order valence-corrected chi connectivity index (χ0v) is 21.5. The molecule has 4 heteroatoms. The zero-order chi connectivity index (χ0) is 24.0. The molecule has 2 aromatic rings. The molecule has 2 saturated carbocycles. The molecule has 2 saturated heterocycles. The minimum Gasteiger partial charge on any atom is -0.379 e. The molecule has 0 radical (unpaired) electrons. The average molecular weight is 483 g/mol. The van der Waals surface area contributed by atoms with Crippen LogP contribution < -0.4 is 0 Å². The zero-order valence-electron chi connectivity index (χ0n) is 21.5. The van der Waals surface area contributed by atoms with E-state index in [1.54, 1.807) is 5.57 Å². The molecule has 6 atom stereocenters. The lowest BCUT2D eigenvalue weighted by atomic mass is 9.58. The molecule has 2 bridgehead atoms. The first-order chi connectivity index (χ1) is 17.6. The molecule has 8 rings (SSSR count). The molecule has 2 spiro atoms. The average Bonchev–Trinajstić information content (AvgIpc) is 3.43. The number of fused-ring (bicyclic) bond motifs is 2. The number of benzene rings is 1. The first kappa shape index (κ1) is 22.0. The molecule has 1 aromatic heterocycles. The summed E-state index contributed by atoms with van der Waals surface area (Å²) >= 11 is 0. The van der Waals surface area contributed by atoms with E-state index in [-0.39, 0.29) is 16.6 Å². The van der Waals surface area contributed by atoms with Crippen molar-refractivity contribution < 1.29 is 9.47 Å². The summed E-state index contributed by atoms with van der Waals surface area (Å²) in [6.07, 6.45) is 18.9. The van der Waals surface area contributed by atoms with Gasteiger partial charge in [-0.25, -0.2) is 0 Å². The number of nitrogens with zero attached hydrogens (tertiary/aromatic N) is 2. The summed E-state index contributed by atoms with van der Waals surface area (Å²) in [5.74, 6) is 1.18. The van der Waals surface area contributed by atoms with E-state index in [1.807, 2.05) is 12.4 Å². The van der Waals surface area contributed by atoms with E-state index >= 15 is 0 Å².